The van der Waals surface area contributed by atoms with Gasteiger partial charge < -0.3 is 19.4 Å². The highest BCUT2D eigenvalue weighted by Crippen LogP contribution is 2.08. The van der Waals surface area contributed by atoms with Gasteiger partial charge in [0, 0.05) is 38.8 Å². The van der Waals surface area contributed by atoms with E-state index in [4.69, 9.17) is 9.15 Å². The van der Waals surface area contributed by atoms with Crippen molar-refractivity contribution in [3.05, 3.63) is 66.5 Å². The van der Waals surface area contributed by atoms with Crippen molar-refractivity contribution in [3.8, 4) is 5.82 Å². The summed E-state index contributed by atoms with van der Waals surface area (Å²) in [6, 6.07) is 9.04. The molecule has 2 amide bonds. The third kappa shape index (κ3) is 4.70. The van der Waals surface area contributed by atoms with E-state index in [0.29, 0.717) is 32.1 Å². The van der Waals surface area contributed by atoms with Crippen molar-refractivity contribution in [2.45, 2.75) is 13.1 Å². The number of furan rings is 1. The van der Waals surface area contributed by atoms with Crippen molar-refractivity contribution in [2.24, 2.45) is 0 Å². The normalized spacial score (nSPS) is 10.7. The first-order chi connectivity index (χ1) is 12.8. The molecule has 0 spiro atoms. The Labute approximate surface area is 151 Å². The van der Waals surface area contributed by atoms with Crippen molar-refractivity contribution in [3.63, 3.8) is 0 Å². The van der Waals surface area contributed by atoms with Gasteiger partial charge in [-0.3, -0.25) is 0 Å². The summed E-state index contributed by atoms with van der Waals surface area (Å²) in [4.78, 5) is 18.5. The van der Waals surface area contributed by atoms with Crippen LogP contribution in [-0.2, 0) is 17.8 Å². The number of urea groups is 1. The predicted molar refractivity (Wildman–Crippen MR) is 94.6 cm³/mol. The van der Waals surface area contributed by atoms with Gasteiger partial charge in [0.25, 0.3) is 0 Å². The van der Waals surface area contributed by atoms with Crippen LogP contribution in [0.4, 0.5) is 4.79 Å². The minimum absolute atomic E-state index is 0.184. The standard InChI is InChI=1S/C18H21N5O3/c1-25-11-9-22(14-16-4-2-10-26-16)18(24)20-13-15-5-7-19-17(12-15)23-8-3-6-21-23/h2-8,10,12H,9,11,13-14H2,1H3,(H,20,24). The van der Waals surface area contributed by atoms with Crippen molar-refractivity contribution < 1.29 is 13.9 Å². The molecule has 3 aromatic rings. The number of nitrogens with one attached hydrogen (secondary N) is 1. The lowest BCUT2D eigenvalue weighted by Crippen LogP contribution is -2.40. The molecule has 0 saturated heterocycles. The van der Waals surface area contributed by atoms with E-state index in [-0.39, 0.29) is 6.03 Å². The second kappa shape index (κ2) is 8.82. The van der Waals surface area contributed by atoms with Gasteiger partial charge in [-0.1, -0.05) is 0 Å². The van der Waals surface area contributed by atoms with Gasteiger partial charge in [0.15, 0.2) is 5.82 Å². The van der Waals surface area contributed by atoms with Crippen LogP contribution in [-0.4, -0.2) is 46.0 Å². The SMILES string of the molecule is COCCN(Cc1ccco1)C(=O)NCc1ccnc(-n2cccn2)c1. The van der Waals surface area contributed by atoms with Gasteiger partial charge in [-0.05, 0) is 35.9 Å². The van der Waals surface area contributed by atoms with Crippen LogP contribution >= 0.6 is 0 Å². The van der Waals surface area contributed by atoms with E-state index in [1.54, 1.807) is 41.4 Å². The molecule has 136 valence electrons. The summed E-state index contributed by atoms with van der Waals surface area (Å²) in [5.41, 5.74) is 0.934. The average molecular weight is 355 g/mol. The lowest BCUT2D eigenvalue weighted by atomic mass is 10.2. The average Bonchev–Trinajstić information content (AvgIpc) is 3.37. The molecule has 0 atom stereocenters. The molecule has 0 saturated carbocycles. The van der Waals surface area contributed by atoms with Gasteiger partial charge in [0.05, 0.1) is 19.4 Å². The molecule has 3 aromatic heterocycles. The molecule has 0 radical (unpaired) electrons. The van der Waals surface area contributed by atoms with Crippen LogP contribution in [0.5, 0.6) is 0 Å². The van der Waals surface area contributed by atoms with E-state index < -0.39 is 0 Å². The van der Waals surface area contributed by atoms with E-state index in [2.05, 4.69) is 15.4 Å². The number of hydrogen-bond donors (Lipinski definition) is 1. The molecule has 26 heavy (non-hydrogen) atoms. The van der Waals surface area contributed by atoms with Crippen LogP contribution in [0.3, 0.4) is 0 Å². The van der Waals surface area contributed by atoms with E-state index in [0.717, 1.165) is 11.3 Å². The van der Waals surface area contributed by atoms with Crippen LogP contribution in [0.25, 0.3) is 5.82 Å². The molecule has 0 unspecified atom stereocenters. The molecule has 3 heterocycles. The fourth-order valence-electron chi connectivity index (χ4n) is 2.43. The molecule has 3 rings (SSSR count). The molecule has 0 fully saturated rings. The molecule has 0 aliphatic heterocycles. The Morgan fingerprint density at radius 3 is 3.00 bits per heavy atom. The quantitative estimate of drug-likeness (QED) is 0.670. The van der Waals surface area contributed by atoms with Crippen molar-refractivity contribution in [2.75, 3.05) is 20.3 Å². The van der Waals surface area contributed by atoms with E-state index >= 15 is 0 Å². The Hall–Kier alpha value is -3.13. The number of aromatic nitrogens is 3. The monoisotopic (exact) mass is 355 g/mol. The fraction of sp³-hybridized carbons (Fsp3) is 0.278. The molecule has 0 bridgehead atoms. The zero-order chi connectivity index (χ0) is 18.2. The van der Waals surface area contributed by atoms with Crippen LogP contribution in [0.2, 0.25) is 0 Å². The highest BCUT2D eigenvalue weighted by molar-refractivity contribution is 5.74. The topological polar surface area (TPSA) is 85.4 Å². The molecule has 8 heteroatoms. The maximum absolute atomic E-state index is 12.5. The molecule has 8 nitrogen and oxygen atoms in total. The number of methoxy groups -OCH3 is 1. The Morgan fingerprint density at radius 2 is 2.27 bits per heavy atom. The van der Waals surface area contributed by atoms with E-state index in [9.17, 15) is 4.79 Å². The zero-order valence-corrected chi connectivity index (χ0v) is 14.5. The predicted octanol–water partition coefficient (Wildman–Crippen LogP) is 2.22. The first-order valence-electron chi connectivity index (χ1n) is 8.25. The van der Waals surface area contributed by atoms with Gasteiger partial charge in [-0.15, -0.1) is 0 Å². The Bertz CT molecular complexity index is 802. The number of amides is 2. The molecular weight excluding hydrogens is 334 g/mol. The summed E-state index contributed by atoms with van der Waals surface area (Å²) >= 11 is 0. The van der Waals surface area contributed by atoms with Gasteiger partial charge in [-0.2, -0.15) is 5.10 Å². The number of pyridine rings is 1. The number of carbonyl (C=O) groups excluding carboxylic acids is 1. The summed E-state index contributed by atoms with van der Waals surface area (Å²) in [5.74, 6) is 1.43. The summed E-state index contributed by atoms with van der Waals surface area (Å²) in [5, 5.41) is 7.09. The fourth-order valence-corrected chi connectivity index (χ4v) is 2.43. The summed E-state index contributed by atoms with van der Waals surface area (Å²) in [6.45, 7) is 1.69. The number of hydrogen-bond acceptors (Lipinski definition) is 5. The van der Waals surface area contributed by atoms with E-state index in [1.807, 2.05) is 30.5 Å². The zero-order valence-electron chi connectivity index (χ0n) is 14.5. The number of ether oxygens (including phenoxy) is 1. The summed E-state index contributed by atoms with van der Waals surface area (Å²) in [7, 11) is 1.61. The van der Waals surface area contributed by atoms with Crippen LogP contribution < -0.4 is 5.32 Å². The highest BCUT2D eigenvalue weighted by Gasteiger charge is 2.15. The van der Waals surface area contributed by atoms with Crippen LogP contribution in [0, 0.1) is 0 Å². The molecule has 0 aromatic carbocycles. The minimum Gasteiger partial charge on any atom is -0.467 e. The minimum atomic E-state index is -0.184. The molecule has 1 N–H and O–H groups in total. The third-order valence-electron chi connectivity index (χ3n) is 3.77. The number of nitrogens with zero attached hydrogens (tertiary/aromatic N) is 4. The Morgan fingerprint density at radius 1 is 1.35 bits per heavy atom. The lowest BCUT2D eigenvalue weighted by molar-refractivity contribution is 0.142. The van der Waals surface area contributed by atoms with Crippen LogP contribution in [0.1, 0.15) is 11.3 Å². The summed E-state index contributed by atoms with van der Waals surface area (Å²) in [6.07, 6.45) is 6.80. The van der Waals surface area contributed by atoms with Crippen molar-refractivity contribution in [1.82, 2.24) is 25.0 Å². The van der Waals surface area contributed by atoms with Gasteiger partial charge in [-0.25, -0.2) is 14.5 Å². The van der Waals surface area contributed by atoms with E-state index in [1.165, 1.54) is 0 Å². The maximum Gasteiger partial charge on any atom is 0.318 e. The second-order valence-electron chi connectivity index (χ2n) is 5.63. The first kappa shape index (κ1) is 17.7. The lowest BCUT2D eigenvalue weighted by Gasteiger charge is -2.22. The van der Waals surface area contributed by atoms with Crippen LogP contribution in [0.15, 0.2) is 59.6 Å². The Balaban J connectivity index is 1.61. The van der Waals surface area contributed by atoms with Crippen molar-refractivity contribution >= 4 is 6.03 Å². The second-order valence-corrected chi connectivity index (χ2v) is 5.63. The third-order valence-corrected chi connectivity index (χ3v) is 3.77. The van der Waals surface area contributed by atoms with Gasteiger partial charge >= 0.3 is 6.03 Å². The molecule has 0 aliphatic carbocycles. The smallest absolute Gasteiger partial charge is 0.318 e. The molecule has 0 aliphatic rings. The Kier molecular flexibility index (Phi) is 6.00. The first-order valence-corrected chi connectivity index (χ1v) is 8.25. The maximum atomic E-state index is 12.5. The van der Waals surface area contributed by atoms with Crippen molar-refractivity contribution in [1.29, 1.82) is 0 Å². The van der Waals surface area contributed by atoms with Gasteiger partial charge in [0.1, 0.15) is 5.76 Å². The highest BCUT2D eigenvalue weighted by atomic mass is 16.5. The summed E-state index contributed by atoms with van der Waals surface area (Å²) < 4.78 is 12.1. The van der Waals surface area contributed by atoms with Gasteiger partial charge in [0.2, 0.25) is 0 Å². The molecular formula is C18H21N5O3. The number of carbonyl (C=O) groups is 1. The largest absolute Gasteiger partial charge is 0.467 e. The number of rotatable bonds is 8.